The molecule has 1 atom stereocenters. The van der Waals surface area contributed by atoms with Gasteiger partial charge in [-0.25, -0.2) is 9.79 Å². The van der Waals surface area contributed by atoms with Crippen LogP contribution in [0.5, 0.6) is 11.5 Å². The van der Waals surface area contributed by atoms with Crippen molar-refractivity contribution in [3.8, 4) is 11.5 Å². The zero-order valence-corrected chi connectivity index (χ0v) is 20.3. The van der Waals surface area contributed by atoms with E-state index in [2.05, 4.69) is 4.99 Å². The summed E-state index contributed by atoms with van der Waals surface area (Å²) in [6, 6.07) is 4.96. The molecule has 0 N–H and O–H groups in total. The maximum absolute atomic E-state index is 13.1. The number of allylic oxidation sites excluding steroid dienone is 1. The van der Waals surface area contributed by atoms with Gasteiger partial charge in [-0.1, -0.05) is 38.6 Å². The van der Waals surface area contributed by atoms with Crippen LogP contribution in [0.2, 0.25) is 0 Å². The third-order valence-electron chi connectivity index (χ3n) is 5.02. The van der Waals surface area contributed by atoms with Crippen molar-refractivity contribution in [2.24, 2.45) is 10.9 Å². The second kappa shape index (κ2) is 10.9. The fraction of sp³-hybridized carbons (Fsp3) is 0.542. The maximum atomic E-state index is 13.1. The lowest BCUT2D eigenvalue weighted by Gasteiger charge is -2.39. The Hall–Kier alpha value is -2.48. The zero-order chi connectivity index (χ0) is 23.3. The molecule has 2 aliphatic heterocycles. The zero-order valence-electron chi connectivity index (χ0n) is 19.5. The Labute approximate surface area is 194 Å². The van der Waals surface area contributed by atoms with E-state index in [1.807, 2.05) is 45.9 Å². The monoisotopic (exact) mass is 460 g/mol. The van der Waals surface area contributed by atoms with Crippen LogP contribution in [0.25, 0.3) is 0 Å². The molecule has 0 spiro atoms. The first-order valence-electron chi connectivity index (χ1n) is 11.2. The quantitative estimate of drug-likeness (QED) is 0.496. The van der Waals surface area contributed by atoms with E-state index in [1.54, 1.807) is 11.8 Å². The van der Waals surface area contributed by atoms with Crippen LogP contribution in [0.4, 0.5) is 0 Å². The first-order chi connectivity index (χ1) is 15.4. The molecule has 0 radical (unpaired) electrons. The fourth-order valence-electron chi connectivity index (χ4n) is 3.59. The number of nitrogens with zero attached hydrogens (tertiary/aromatic N) is 2. The van der Waals surface area contributed by atoms with Gasteiger partial charge >= 0.3 is 5.97 Å². The molecule has 1 saturated heterocycles. The number of aliphatic imine (C=N–C) groups is 1. The number of fused-ring (bicyclic) bond motifs is 1. The molecule has 7 nitrogen and oxygen atoms in total. The highest BCUT2D eigenvalue weighted by molar-refractivity contribution is 8.14. The van der Waals surface area contributed by atoms with Gasteiger partial charge in [-0.2, -0.15) is 0 Å². The normalized spacial score (nSPS) is 18.4. The summed E-state index contributed by atoms with van der Waals surface area (Å²) in [5.41, 5.74) is 1.72. The van der Waals surface area contributed by atoms with Gasteiger partial charge in [0.25, 0.3) is 0 Å². The predicted octanol–water partition coefficient (Wildman–Crippen LogP) is 4.72. The van der Waals surface area contributed by atoms with Gasteiger partial charge in [0.05, 0.1) is 37.1 Å². The summed E-state index contributed by atoms with van der Waals surface area (Å²) in [5.74, 6) is 1.61. The molecule has 1 fully saturated rings. The topological polar surface area (TPSA) is 77.4 Å². The highest BCUT2D eigenvalue weighted by Crippen LogP contribution is 2.42. The number of hydrogen-bond donors (Lipinski definition) is 0. The summed E-state index contributed by atoms with van der Waals surface area (Å²) < 4.78 is 17.2. The molecule has 1 amide bonds. The van der Waals surface area contributed by atoms with E-state index in [4.69, 9.17) is 14.2 Å². The molecule has 3 rings (SSSR count). The molecule has 0 aromatic heterocycles. The minimum absolute atomic E-state index is 0.0570. The second-order valence-corrected chi connectivity index (χ2v) is 9.20. The Morgan fingerprint density at radius 1 is 1.25 bits per heavy atom. The van der Waals surface area contributed by atoms with Crippen LogP contribution in [0.1, 0.15) is 59.1 Å². The first kappa shape index (κ1) is 24.2. The average molecular weight is 461 g/mol. The fourth-order valence-corrected chi connectivity index (χ4v) is 4.59. The average Bonchev–Trinajstić information content (AvgIpc) is 2.76. The van der Waals surface area contributed by atoms with Crippen LogP contribution in [0.3, 0.4) is 0 Å². The van der Waals surface area contributed by atoms with Crippen molar-refractivity contribution in [3.05, 3.63) is 35.0 Å². The summed E-state index contributed by atoms with van der Waals surface area (Å²) in [5, 5.41) is 0.619. The van der Waals surface area contributed by atoms with Crippen LogP contribution in [0.15, 0.2) is 34.5 Å². The number of rotatable bonds is 9. The van der Waals surface area contributed by atoms with Crippen molar-refractivity contribution < 1.29 is 23.8 Å². The summed E-state index contributed by atoms with van der Waals surface area (Å²) in [7, 11) is 0. The number of hydrogen-bond acceptors (Lipinski definition) is 7. The van der Waals surface area contributed by atoms with Crippen LogP contribution in [0, 0.1) is 5.92 Å². The van der Waals surface area contributed by atoms with Crippen LogP contribution in [-0.2, 0) is 14.3 Å². The third-order valence-corrected chi connectivity index (χ3v) is 5.97. The smallest absolute Gasteiger partial charge is 0.338 e. The van der Waals surface area contributed by atoms with Crippen LogP contribution >= 0.6 is 11.8 Å². The number of thioether (sulfide) groups is 1. The van der Waals surface area contributed by atoms with E-state index in [0.29, 0.717) is 59.9 Å². The largest absolute Gasteiger partial charge is 0.490 e. The minimum atomic E-state index is -0.623. The Morgan fingerprint density at radius 3 is 2.72 bits per heavy atom. The lowest BCUT2D eigenvalue weighted by Crippen LogP contribution is -2.45. The predicted molar refractivity (Wildman–Crippen MR) is 126 cm³/mol. The molecule has 0 saturated carbocycles. The van der Waals surface area contributed by atoms with Crippen molar-refractivity contribution in [2.45, 2.75) is 53.5 Å². The Kier molecular flexibility index (Phi) is 8.23. The van der Waals surface area contributed by atoms with Gasteiger partial charge in [-0.05, 0) is 43.9 Å². The highest BCUT2D eigenvalue weighted by atomic mass is 32.2. The molecular formula is C24H32N2O5S. The molecule has 0 bridgehead atoms. The van der Waals surface area contributed by atoms with E-state index < -0.39 is 12.0 Å². The molecule has 0 unspecified atom stereocenters. The van der Waals surface area contributed by atoms with Gasteiger partial charge in [0.15, 0.2) is 16.7 Å². The van der Waals surface area contributed by atoms with E-state index >= 15 is 0 Å². The summed E-state index contributed by atoms with van der Waals surface area (Å²) in [4.78, 5) is 32.3. The summed E-state index contributed by atoms with van der Waals surface area (Å²) >= 11 is 1.53. The molecule has 0 aliphatic carbocycles. The summed E-state index contributed by atoms with van der Waals surface area (Å²) in [6.07, 6.45) is 1.27. The molecular weight excluding hydrogens is 428 g/mol. The van der Waals surface area contributed by atoms with Gasteiger partial charge in [0, 0.05) is 12.2 Å². The second-order valence-electron chi connectivity index (χ2n) is 8.14. The molecule has 1 aromatic rings. The van der Waals surface area contributed by atoms with Crippen molar-refractivity contribution in [2.75, 3.05) is 25.6 Å². The lowest BCUT2D eigenvalue weighted by atomic mass is 9.93. The van der Waals surface area contributed by atoms with Crippen LogP contribution < -0.4 is 9.47 Å². The lowest BCUT2D eigenvalue weighted by molar-refractivity contribution is -0.141. The van der Waals surface area contributed by atoms with Crippen molar-refractivity contribution in [3.63, 3.8) is 0 Å². The number of amidine groups is 1. The number of carbonyl (C=O) groups is 2. The molecule has 2 aliphatic rings. The SMILES string of the molecule is CCCOc1ccc([C@@H]2C(C(=O)OCC(C)C)=C(C)N=C3SCCC(=O)N32)cc1OCC. The van der Waals surface area contributed by atoms with Crippen LogP contribution in [-0.4, -0.2) is 47.5 Å². The number of esters is 1. The van der Waals surface area contributed by atoms with Gasteiger partial charge in [0.1, 0.15) is 0 Å². The Balaban J connectivity index is 2.08. The molecule has 174 valence electrons. The van der Waals surface area contributed by atoms with E-state index in [0.717, 1.165) is 12.0 Å². The Morgan fingerprint density at radius 2 is 2.03 bits per heavy atom. The highest BCUT2D eigenvalue weighted by Gasteiger charge is 2.42. The Bertz CT molecular complexity index is 925. The van der Waals surface area contributed by atoms with Crippen molar-refractivity contribution in [1.82, 2.24) is 4.90 Å². The molecule has 1 aromatic carbocycles. The molecule has 8 heteroatoms. The number of carbonyl (C=O) groups excluding carboxylic acids is 2. The van der Waals surface area contributed by atoms with Gasteiger partial charge < -0.3 is 14.2 Å². The van der Waals surface area contributed by atoms with Gasteiger partial charge in [-0.3, -0.25) is 9.69 Å². The number of amides is 1. The van der Waals surface area contributed by atoms with E-state index in [9.17, 15) is 9.59 Å². The molecule has 32 heavy (non-hydrogen) atoms. The standard InChI is InChI=1S/C24H32N2O5S/c1-6-11-30-18-9-8-17(13-19(18)29-7-2)22-21(23(28)31-14-15(3)4)16(5)25-24-26(22)20(27)10-12-32-24/h8-9,13,15,22H,6-7,10-12,14H2,1-5H3/t22-/m1/s1. The molecule has 2 heterocycles. The maximum Gasteiger partial charge on any atom is 0.338 e. The first-order valence-corrected chi connectivity index (χ1v) is 12.2. The summed E-state index contributed by atoms with van der Waals surface area (Å²) in [6.45, 7) is 11.1. The van der Waals surface area contributed by atoms with Gasteiger partial charge in [0.2, 0.25) is 5.91 Å². The van der Waals surface area contributed by atoms with E-state index in [-0.39, 0.29) is 11.8 Å². The number of benzene rings is 1. The van der Waals surface area contributed by atoms with Crippen molar-refractivity contribution >= 4 is 28.8 Å². The van der Waals surface area contributed by atoms with Gasteiger partial charge in [-0.15, -0.1) is 0 Å². The van der Waals surface area contributed by atoms with Crippen molar-refractivity contribution in [1.29, 1.82) is 0 Å². The minimum Gasteiger partial charge on any atom is -0.490 e. The number of ether oxygens (including phenoxy) is 3. The van der Waals surface area contributed by atoms with E-state index in [1.165, 1.54) is 11.8 Å². The third kappa shape index (κ3) is 5.28.